The van der Waals surface area contributed by atoms with Crippen molar-refractivity contribution in [3.05, 3.63) is 10.5 Å². The molecule has 2 heterocycles. The molecule has 7 nitrogen and oxygen atoms in total. The molecule has 0 atom stereocenters. The number of aryl methyl sites for hydroxylation is 1. The van der Waals surface area contributed by atoms with Gasteiger partial charge in [0.25, 0.3) is 0 Å². The van der Waals surface area contributed by atoms with E-state index in [0.29, 0.717) is 0 Å². The molecule has 1 saturated heterocycles. The van der Waals surface area contributed by atoms with Crippen LogP contribution in [0.15, 0.2) is 4.79 Å². The molecule has 1 amide bonds. The molecular weight excluding hydrogens is 242 g/mol. The lowest BCUT2D eigenvalue weighted by molar-refractivity contribution is 0.183. The highest BCUT2D eigenvalue weighted by atomic mass is 32.2. The number of carbonyl (C=O) groups is 1. The maximum atomic E-state index is 12.0. The molecule has 0 aliphatic carbocycles. The predicted octanol–water partition coefficient (Wildman–Crippen LogP) is -0.228. The normalized spacial score (nSPS) is 17.1. The van der Waals surface area contributed by atoms with Gasteiger partial charge in [0.1, 0.15) is 0 Å². The molecule has 0 N–H and O–H groups in total. The number of nitrogens with zero attached hydrogens (tertiary/aromatic N) is 5. The fourth-order valence-electron chi connectivity index (χ4n) is 1.81. The van der Waals surface area contributed by atoms with E-state index in [4.69, 9.17) is 0 Å². The Morgan fingerprint density at radius 2 is 2.06 bits per heavy atom. The standard InChI is InChI=1S/C9H15N5O2S/c1-12(7-3-5-17-6-4-7)8(15)14-9(16)13(2)10-11-14/h7H,3-6H2,1-2H3. The second-order valence-corrected chi connectivity index (χ2v) is 5.26. The van der Waals surface area contributed by atoms with E-state index in [2.05, 4.69) is 10.4 Å². The first kappa shape index (κ1) is 12.2. The molecule has 8 heteroatoms. The molecule has 0 spiro atoms. The second kappa shape index (κ2) is 4.91. The van der Waals surface area contributed by atoms with Crippen molar-refractivity contribution in [2.75, 3.05) is 18.6 Å². The van der Waals surface area contributed by atoms with E-state index in [-0.39, 0.29) is 6.04 Å². The van der Waals surface area contributed by atoms with Gasteiger partial charge in [-0.25, -0.2) is 9.59 Å². The van der Waals surface area contributed by atoms with Crippen LogP contribution in [0.25, 0.3) is 0 Å². The van der Waals surface area contributed by atoms with Gasteiger partial charge in [0.15, 0.2) is 0 Å². The quantitative estimate of drug-likeness (QED) is 0.650. The van der Waals surface area contributed by atoms with E-state index in [9.17, 15) is 9.59 Å². The zero-order valence-corrected chi connectivity index (χ0v) is 10.7. The number of aromatic nitrogens is 4. The van der Waals surface area contributed by atoms with Crippen molar-refractivity contribution < 1.29 is 4.79 Å². The summed E-state index contributed by atoms with van der Waals surface area (Å²) in [5.41, 5.74) is -0.507. The highest BCUT2D eigenvalue weighted by molar-refractivity contribution is 7.99. The van der Waals surface area contributed by atoms with Gasteiger partial charge in [-0.2, -0.15) is 16.4 Å². The maximum absolute atomic E-state index is 12.0. The number of hydrogen-bond donors (Lipinski definition) is 0. The Bertz CT molecular complexity index is 462. The van der Waals surface area contributed by atoms with Gasteiger partial charge in [0.05, 0.1) is 0 Å². The Morgan fingerprint density at radius 1 is 1.41 bits per heavy atom. The molecule has 0 saturated carbocycles. The first-order chi connectivity index (χ1) is 8.11. The van der Waals surface area contributed by atoms with Crippen LogP contribution in [0.3, 0.4) is 0 Å². The van der Waals surface area contributed by atoms with Crippen LogP contribution in [0, 0.1) is 0 Å². The lowest BCUT2D eigenvalue weighted by Crippen LogP contribution is -2.45. The van der Waals surface area contributed by atoms with Gasteiger partial charge < -0.3 is 4.90 Å². The van der Waals surface area contributed by atoms with Crippen molar-refractivity contribution in [1.82, 2.24) is 24.7 Å². The van der Waals surface area contributed by atoms with Gasteiger partial charge in [-0.15, -0.1) is 4.68 Å². The third kappa shape index (κ3) is 2.36. The summed E-state index contributed by atoms with van der Waals surface area (Å²) in [5.74, 6) is 2.11. The summed E-state index contributed by atoms with van der Waals surface area (Å²) in [6.07, 6.45) is 1.92. The minimum absolute atomic E-state index is 0.192. The van der Waals surface area contributed by atoms with E-state index in [1.165, 1.54) is 7.05 Å². The minimum atomic E-state index is -0.507. The second-order valence-electron chi connectivity index (χ2n) is 4.03. The summed E-state index contributed by atoms with van der Waals surface area (Å²) < 4.78 is 1.85. The Hall–Kier alpha value is -1.31. The fourth-order valence-corrected chi connectivity index (χ4v) is 2.89. The van der Waals surface area contributed by atoms with Gasteiger partial charge in [-0.1, -0.05) is 0 Å². The topological polar surface area (TPSA) is 73.0 Å². The summed E-state index contributed by atoms with van der Waals surface area (Å²) in [6.45, 7) is 0. The predicted molar refractivity (Wildman–Crippen MR) is 64.2 cm³/mol. The van der Waals surface area contributed by atoms with Gasteiger partial charge >= 0.3 is 11.7 Å². The van der Waals surface area contributed by atoms with E-state index < -0.39 is 11.7 Å². The molecule has 1 fully saturated rings. The number of tetrazole rings is 1. The van der Waals surface area contributed by atoms with Crippen LogP contribution in [0.5, 0.6) is 0 Å². The third-order valence-corrected chi connectivity index (χ3v) is 3.99. The van der Waals surface area contributed by atoms with Crippen LogP contribution in [0.4, 0.5) is 4.79 Å². The van der Waals surface area contributed by atoms with Crippen molar-refractivity contribution in [1.29, 1.82) is 0 Å². The molecule has 0 bridgehead atoms. The molecule has 0 radical (unpaired) electrons. The smallest absolute Gasteiger partial charge is 0.323 e. The van der Waals surface area contributed by atoms with Crippen LogP contribution in [-0.4, -0.2) is 55.3 Å². The molecule has 1 aliphatic rings. The Kier molecular flexibility index (Phi) is 3.51. The van der Waals surface area contributed by atoms with Crippen LogP contribution < -0.4 is 5.69 Å². The number of amides is 1. The summed E-state index contributed by atoms with van der Waals surface area (Å²) in [4.78, 5) is 25.2. The van der Waals surface area contributed by atoms with Crippen LogP contribution in [0.2, 0.25) is 0 Å². The maximum Gasteiger partial charge on any atom is 0.372 e. The molecular formula is C9H15N5O2S. The molecule has 1 aromatic heterocycles. The molecule has 2 rings (SSSR count). The highest BCUT2D eigenvalue weighted by Gasteiger charge is 2.25. The van der Waals surface area contributed by atoms with Crippen LogP contribution in [0.1, 0.15) is 12.8 Å². The lowest BCUT2D eigenvalue weighted by Gasteiger charge is -2.30. The number of hydrogen-bond acceptors (Lipinski definition) is 5. The molecule has 1 aromatic rings. The van der Waals surface area contributed by atoms with E-state index in [0.717, 1.165) is 33.7 Å². The first-order valence-electron chi connectivity index (χ1n) is 5.45. The number of carbonyl (C=O) groups excluding carboxylic acids is 1. The van der Waals surface area contributed by atoms with Gasteiger partial charge in [0.2, 0.25) is 0 Å². The number of rotatable bonds is 1. The van der Waals surface area contributed by atoms with Crippen molar-refractivity contribution in [3.8, 4) is 0 Å². The average molecular weight is 257 g/mol. The lowest BCUT2D eigenvalue weighted by atomic mass is 10.1. The van der Waals surface area contributed by atoms with Gasteiger partial charge in [0, 0.05) is 20.1 Å². The van der Waals surface area contributed by atoms with E-state index in [1.54, 1.807) is 11.9 Å². The summed E-state index contributed by atoms with van der Waals surface area (Å²) in [5, 5.41) is 7.08. The third-order valence-electron chi connectivity index (χ3n) is 2.94. The Morgan fingerprint density at radius 3 is 2.59 bits per heavy atom. The largest absolute Gasteiger partial charge is 0.372 e. The Balaban J connectivity index is 2.14. The van der Waals surface area contributed by atoms with Crippen LogP contribution in [-0.2, 0) is 7.05 Å². The summed E-state index contributed by atoms with van der Waals surface area (Å²) in [7, 11) is 3.18. The van der Waals surface area contributed by atoms with E-state index >= 15 is 0 Å². The number of thioether (sulfide) groups is 1. The van der Waals surface area contributed by atoms with Crippen molar-refractivity contribution >= 4 is 17.8 Å². The van der Waals surface area contributed by atoms with Crippen molar-refractivity contribution in [2.24, 2.45) is 7.05 Å². The van der Waals surface area contributed by atoms with Crippen molar-refractivity contribution in [3.63, 3.8) is 0 Å². The molecule has 1 aliphatic heterocycles. The van der Waals surface area contributed by atoms with E-state index in [1.807, 2.05) is 11.8 Å². The van der Waals surface area contributed by atoms with Crippen LogP contribution >= 0.6 is 11.8 Å². The zero-order valence-electron chi connectivity index (χ0n) is 9.87. The molecule has 0 unspecified atom stereocenters. The highest BCUT2D eigenvalue weighted by Crippen LogP contribution is 2.20. The fraction of sp³-hybridized carbons (Fsp3) is 0.778. The zero-order chi connectivity index (χ0) is 12.4. The average Bonchev–Trinajstić information content (AvgIpc) is 2.69. The molecule has 94 valence electrons. The monoisotopic (exact) mass is 257 g/mol. The Labute approximate surface area is 103 Å². The van der Waals surface area contributed by atoms with Gasteiger partial charge in [-0.3, -0.25) is 0 Å². The first-order valence-corrected chi connectivity index (χ1v) is 6.60. The SMILES string of the molecule is CN(C(=O)n1nnn(C)c1=O)C1CCSCC1. The van der Waals surface area contributed by atoms with Gasteiger partial charge in [-0.05, 0) is 34.8 Å². The summed E-state index contributed by atoms with van der Waals surface area (Å²) >= 11 is 1.89. The molecule has 0 aromatic carbocycles. The molecule has 17 heavy (non-hydrogen) atoms. The van der Waals surface area contributed by atoms with Crippen molar-refractivity contribution in [2.45, 2.75) is 18.9 Å². The minimum Gasteiger partial charge on any atom is -0.323 e. The summed E-state index contributed by atoms with van der Waals surface area (Å²) in [6, 6.07) is -0.211.